The average Bonchev–Trinajstić information content (AvgIpc) is 2.80. The zero-order valence-electron chi connectivity index (χ0n) is 18.0. The number of pyridine rings is 1. The van der Waals surface area contributed by atoms with Gasteiger partial charge in [-0.05, 0) is 37.3 Å². The van der Waals surface area contributed by atoms with Crippen LogP contribution >= 0.6 is 11.6 Å². The largest absolute Gasteiger partial charge is 0.502 e. The molecule has 4 heterocycles. The molecule has 1 N–H and O–H groups in total. The van der Waals surface area contributed by atoms with E-state index >= 15 is 0 Å². The van der Waals surface area contributed by atoms with Crippen molar-refractivity contribution < 1.29 is 23.8 Å². The molecule has 3 aliphatic heterocycles. The zero-order valence-corrected chi connectivity index (χ0v) is 18.7. The van der Waals surface area contributed by atoms with E-state index < -0.39 is 34.9 Å². The van der Waals surface area contributed by atoms with Crippen molar-refractivity contribution in [3.05, 3.63) is 62.3 Å². The van der Waals surface area contributed by atoms with Gasteiger partial charge in [0.05, 0.1) is 29.3 Å². The Balaban J connectivity index is 1.51. The minimum Gasteiger partial charge on any atom is -0.502 e. The molecular formula is C23H23ClFN3O5. The van der Waals surface area contributed by atoms with E-state index in [2.05, 4.69) is 0 Å². The van der Waals surface area contributed by atoms with Gasteiger partial charge in [-0.1, -0.05) is 23.7 Å². The number of benzene rings is 1. The molecule has 0 spiro atoms. The van der Waals surface area contributed by atoms with Crippen LogP contribution < -0.4 is 10.4 Å². The van der Waals surface area contributed by atoms with Crippen LogP contribution in [0.4, 0.5) is 4.39 Å². The minimum absolute atomic E-state index is 0.0408. The summed E-state index contributed by atoms with van der Waals surface area (Å²) in [7, 11) is 1.62. The number of fused-ring (bicyclic) bond motifs is 6. The molecule has 0 saturated carbocycles. The van der Waals surface area contributed by atoms with E-state index in [9.17, 15) is 23.9 Å². The highest BCUT2D eigenvalue weighted by Gasteiger charge is 2.48. The zero-order chi connectivity index (χ0) is 23.4. The number of carbonyl (C=O) groups is 2. The van der Waals surface area contributed by atoms with E-state index in [1.165, 1.54) is 27.9 Å². The first-order chi connectivity index (χ1) is 15.8. The van der Waals surface area contributed by atoms with Crippen molar-refractivity contribution in [2.24, 2.45) is 0 Å². The Bertz CT molecular complexity index is 1220. The second-order valence-corrected chi connectivity index (χ2v) is 9.14. The maximum atomic E-state index is 14.2. The molecule has 2 bridgehead atoms. The Morgan fingerprint density at radius 1 is 1.30 bits per heavy atom. The lowest BCUT2D eigenvalue weighted by atomic mass is 9.96. The van der Waals surface area contributed by atoms with Gasteiger partial charge in [0.25, 0.3) is 5.91 Å². The number of aryl methyl sites for hydroxylation is 1. The molecule has 3 aliphatic rings. The molecule has 8 nitrogen and oxygen atoms in total. The van der Waals surface area contributed by atoms with Gasteiger partial charge < -0.3 is 14.7 Å². The predicted molar refractivity (Wildman–Crippen MR) is 118 cm³/mol. The van der Waals surface area contributed by atoms with Gasteiger partial charge in [-0.25, -0.2) is 4.39 Å². The highest BCUT2D eigenvalue weighted by molar-refractivity contribution is 6.30. The van der Waals surface area contributed by atoms with Gasteiger partial charge in [-0.2, -0.15) is 0 Å². The summed E-state index contributed by atoms with van der Waals surface area (Å²) in [6.07, 6.45) is 3.21. The molecule has 3 atom stereocenters. The van der Waals surface area contributed by atoms with Crippen molar-refractivity contribution in [3.63, 3.8) is 0 Å². The van der Waals surface area contributed by atoms with E-state index in [-0.39, 0.29) is 46.9 Å². The normalized spacial score (nSPS) is 23.8. The first-order valence-electron chi connectivity index (χ1n) is 10.9. The number of Topliss-reactive ketones (excluding diaryl/α,β-unsaturated/α-hetero) is 1. The number of likely N-dealkylation sites (N-methyl/N-ethyl adjacent to an activating group) is 1. The predicted octanol–water partition coefficient (Wildman–Crippen LogP) is 2.46. The van der Waals surface area contributed by atoms with Crippen molar-refractivity contribution in [2.45, 2.75) is 50.5 Å². The minimum atomic E-state index is -0.911. The van der Waals surface area contributed by atoms with Crippen LogP contribution in [-0.2, 0) is 11.2 Å². The molecule has 174 valence electrons. The van der Waals surface area contributed by atoms with Crippen molar-refractivity contribution in [1.82, 2.24) is 9.58 Å². The van der Waals surface area contributed by atoms with Gasteiger partial charge in [-0.3, -0.25) is 24.1 Å². The number of hydrogen-bond donors (Lipinski definition) is 1. The fourth-order valence-corrected chi connectivity index (χ4v) is 5.25. The lowest BCUT2D eigenvalue weighted by molar-refractivity contribution is -0.117. The molecule has 0 unspecified atom stereocenters. The lowest BCUT2D eigenvalue weighted by Crippen LogP contribution is -2.70. The molecule has 2 aromatic rings. The molecular weight excluding hydrogens is 453 g/mol. The number of morpholine rings is 1. The number of hydrogen-bond acceptors (Lipinski definition) is 6. The molecule has 2 fully saturated rings. The van der Waals surface area contributed by atoms with Crippen LogP contribution in [0.5, 0.6) is 5.75 Å². The fraction of sp³-hybridized carbons (Fsp3) is 0.435. The number of ketones is 1. The molecule has 1 aromatic heterocycles. The van der Waals surface area contributed by atoms with Crippen LogP contribution in [0.25, 0.3) is 0 Å². The molecule has 2 saturated heterocycles. The quantitative estimate of drug-likeness (QED) is 0.683. The summed E-state index contributed by atoms with van der Waals surface area (Å²) in [5.41, 5.74) is -1.06. The van der Waals surface area contributed by atoms with Gasteiger partial charge in [-0.15, -0.1) is 0 Å². The molecule has 5 rings (SSSR count). The second-order valence-electron chi connectivity index (χ2n) is 8.73. The van der Waals surface area contributed by atoms with Crippen LogP contribution in [0.3, 0.4) is 0 Å². The maximum Gasteiger partial charge on any atom is 0.277 e. The molecule has 1 aromatic carbocycles. The highest BCUT2D eigenvalue weighted by atomic mass is 35.5. The van der Waals surface area contributed by atoms with E-state index in [0.717, 1.165) is 19.3 Å². The van der Waals surface area contributed by atoms with E-state index in [1.807, 2.05) is 5.01 Å². The highest BCUT2D eigenvalue weighted by Crippen LogP contribution is 2.35. The standard InChI is InChI=1S/C23H23ClFN3O5/c1-26-22-17-7-3-5-13(33-17)10-28(22)27-11-14(20(30)21(31)19(27)23(26)32)16(29)9-8-12-4-2-6-15(24)18(12)25/h2,4,6,11,13,17,22,31H,3,5,7-10H2,1H3/t13-,17+,22-/m0/s1. The van der Waals surface area contributed by atoms with Gasteiger partial charge in [0.2, 0.25) is 5.43 Å². The smallest absolute Gasteiger partial charge is 0.277 e. The van der Waals surface area contributed by atoms with Gasteiger partial charge in [0.1, 0.15) is 12.0 Å². The van der Waals surface area contributed by atoms with Crippen LogP contribution in [0.2, 0.25) is 5.02 Å². The van der Waals surface area contributed by atoms with E-state index in [0.29, 0.717) is 6.54 Å². The third-order valence-corrected chi connectivity index (χ3v) is 7.02. The number of rotatable bonds is 4. The number of carbonyl (C=O) groups excluding carboxylic acids is 2. The summed E-state index contributed by atoms with van der Waals surface area (Å²) >= 11 is 5.80. The maximum absolute atomic E-state index is 14.2. The molecule has 0 radical (unpaired) electrons. The van der Waals surface area contributed by atoms with Gasteiger partial charge in [0.15, 0.2) is 17.2 Å². The van der Waals surface area contributed by atoms with Crippen molar-refractivity contribution in [3.8, 4) is 5.75 Å². The van der Waals surface area contributed by atoms with Crippen LogP contribution in [0, 0.1) is 5.82 Å². The number of ether oxygens (including phenoxy) is 1. The Kier molecular flexibility index (Phi) is 5.41. The number of nitrogens with zero attached hydrogens (tertiary/aromatic N) is 3. The number of amides is 1. The van der Waals surface area contributed by atoms with E-state index in [4.69, 9.17) is 16.3 Å². The number of halogens is 2. The summed E-state index contributed by atoms with van der Waals surface area (Å²) in [5, 5.41) is 12.5. The summed E-state index contributed by atoms with van der Waals surface area (Å²) in [5.74, 6) is -2.44. The topological polar surface area (TPSA) is 92.1 Å². The van der Waals surface area contributed by atoms with Crippen molar-refractivity contribution in [1.29, 1.82) is 0 Å². The third-order valence-electron chi connectivity index (χ3n) is 6.72. The Hall–Kier alpha value is -2.91. The summed E-state index contributed by atoms with van der Waals surface area (Å²) < 4.78 is 21.7. The molecule has 0 aliphatic carbocycles. The SMILES string of the molecule is CN1C(=O)c2c(O)c(=O)c(C(=O)CCc3cccc(Cl)c3F)cn2N2C[C@@H]3CCC[C@@H](O3)[C@@H]12. The average molecular weight is 476 g/mol. The molecule has 33 heavy (non-hydrogen) atoms. The van der Waals surface area contributed by atoms with Crippen LogP contribution in [-0.4, -0.2) is 58.3 Å². The molecule has 10 heteroatoms. The van der Waals surface area contributed by atoms with Crippen LogP contribution in [0.1, 0.15) is 52.1 Å². The first kappa shape index (κ1) is 21.9. The first-order valence-corrected chi connectivity index (χ1v) is 11.3. The summed E-state index contributed by atoms with van der Waals surface area (Å²) in [6, 6.07) is 4.53. The summed E-state index contributed by atoms with van der Waals surface area (Å²) in [4.78, 5) is 40.3. The summed E-state index contributed by atoms with van der Waals surface area (Å²) in [6.45, 7) is 0.454. The van der Waals surface area contributed by atoms with E-state index in [1.54, 1.807) is 13.1 Å². The van der Waals surface area contributed by atoms with Gasteiger partial charge in [0, 0.05) is 19.7 Å². The Morgan fingerprint density at radius 3 is 2.88 bits per heavy atom. The third kappa shape index (κ3) is 3.50. The van der Waals surface area contributed by atoms with Crippen molar-refractivity contribution in [2.75, 3.05) is 18.6 Å². The van der Waals surface area contributed by atoms with Crippen molar-refractivity contribution >= 4 is 23.3 Å². The Labute approximate surface area is 194 Å². The fourth-order valence-electron chi connectivity index (χ4n) is 5.06. The number of aromatic nitrogens is 1. The monoisotopic (exact) mass is 475 g/mol. The Morgan fingerprint density at radius 2 is 2.09 bits per heavy atom. The second kappa shape index (κ2) is 8.14. The number of aromatic hydroxyl groups is 1. The molecule has 1 amide bonds. The van der Waals surface area contributed by atoms with Gasteiger partial charge >= 0.3 is 0 Å². The van der Waals surface area contributed by atoms with Crippen LogP contribution in [0.15, 0.2) is 29.2 Å². The lowest BCUT2D eigenvalue weighted by Gasteiger charge is -2.54.